The van der Waals surface area contributed by atoms with Crippen LogP contribution >= 0.6 is 23.2 Å². The minimum absolute atomic E-state index is 0.00104. The van der Waals surface area contributed by atoms with Crippen LogP contribution in [0.25, 0.3) is 11.1 Å². The van der Waals surface area contributed by atoms with E-state index in [2.05, 4.69) is 10.3 Å². The minimum Gasteiger partial charge on any atom is -0.478 e. The van der Waals surface area contributed by atoms with E-state index in [9.17, 15) is 18.0 Å². The van der Waals surface area contributed by atoms with Crippen LogP contribution in [0, 0.1) is 5.82 Å². The van der Waals surface area contributed by atoms with Crippen molar-refractivity contribution in [2.75, 3.05) is 51.3 Å². The van der Waals surface area contributed by atoms with Crippen molar-refractivity contribution in [1.82, 2.24) is 19.5 Å². The Bertz CT molecular complexity index is 2010. The van der Waals surface area contributed by atoms with E-state index in [1.807, 2.05) is 42.2 Å². The number of piperazine rings is 1. The molecule has 11 nitrogen and oxygen atoms in total. The second kappa shape index (κ2) is 17.4. The number of rotatable bonds is 13. The number of carbonyl (C=O) groups excluding carboxylic acids is 2. The summed E-state index contributed by atoms with van der Waals surface area (Å²) in [5.41, 5.74) is 1.38. The molecule has 0 unspecified atom stereocenters. The molecule has 276 valence electrons. The van der Waals surface area contributed by atoms with Crippen molar-refractivity contribution in [3.05, 3.63) is 106 Å². The summed E-state index contributed by atoms with van der Waals surface area (Å²) in [6.07, 6.45) is 1.44. The number of amides is 2. The molecule has 1 aromatic heterocycles. The van der Waals surface area contributed by atoms with Gasteiger partial charge in [-0.1, -0.05) is 60.5 Å². The second-order valence-electron chi connectivity index (χ2n) is 12.0. The van der Waals surface area contributed by atoms with Gasteiger partial charge in [-0.3, -0.25) is 4.79 Å². The van der Waals surface area contributed by atoms with Crippen LogP contribution in [-0.2, 0) is 21.4 Å². The maximum Gasteiger partial charge on any atom is 0.409 e. The Morgan fingerprint density at radius 1 is 1.02 bits per heavy atom. The van der Waals surface area contributed by atoms with E-state index in [0.29, 0.717) is 29.3 Å². The molecule has 2 amide bonds. The van der Waals surface area contributed by atoms with E-state index in [0.717, 1.165) is 5.56 Å². The van der Waals surface area contributed by atoms with E-state index in [4.69, 9.17) is 32.7 Å². The number of nitrogens with one attached hydrogen (secondary N) is 1. The van der Waals surface area contributed by atoms with Gasteiger partial charge in [-0.05, 0) is 61.4 Å². The van der Waals surface area contributed by atoms with Gasteiger partial charge in [-0.25, -0.2) is 22.6 Å². The lowest BCUT2D eigenvalue weighted by Gasteiger charge is -2.42. The molecule has 52 heavy (non-hydrogen) atoms. The molecule has 1 aliphatic heterocycles. The molecule has 1 atom stereocenters. The van der Waals surface area contributed by atoms with Crippen molar-refractivity contribution in [1.29, 1.82) is 0 Å². The van der Waals surface area contributed by atoms with Gasteiger partial charge in [0.2, 0.25) is 15.9 Å². The lowest BCUT2D eigenvalue weighted by atomic mass is 9.98. The summed E-state index contributed by atoms with van der Waals surface area (Å²) >= 11 is 12.3. The van der Waals surface area contributed by atoms with Crippen LogP contribution in [0.3, 0.4) is 0 Å². The molecule has 0 bridgehead atoms. The number of nitrogens with zero attached hydrogens (tertiary/aromatic N) is 4. The number of sulfonamides is 1. The minimum atomic E-state index is -3.99. The third-order valence-electron chi connectivity index (χ3n) is 8.68. The summed E-state index contributed by atoms with van der Waals surface area (Å²) in [5.74, 6) is -1.29. The maximum absolute atomic E-state index is 16.8. The zero-order valence-electron chi connectivity index (χ0n) is 29.0. The molecule has 1 N–H and O–H groups in total. The molecule has 3 aromatic carbocycles. The quantitative estimate of drug-likeness (QED) is 0.156. The van der Waals surface area contributed by atoms with E-state index in [-0.39, 0.29) is 66.3 Å². The number of hydrogen-bond donors (Lipinski definition) is 1. The molecule has 1 saturated heterocycles. The van der Waals surface area contributed by atoms with Gasteiger partial charge in [0.05, 0.1) is 22.9 Å². The molecule has 0 saturated carbocycles. The van der Waals surface area contributed by atoms with Gasteiger partial charge in [-0.15, -0.1) is 0 Å². The van der Waals surface area contributed by atoms with E-state index in [1.165, 1.54) is 33.6 Å². The van der Waals surface area contributed by atoms with Crippen LogP contribution in [0.5, 0.6) is 5.88 Å². The average molecular weight is 773 g/mol. The Kier molecular flexibility index (Phi) is 13.0. The molecule has 4 aromatic rings. The van der Waals surface area contributed by atoms with Crippen molar-refractivity contribution in [3.63, 3.8) is 0 Å². The molecule has 0 aliphatic carbocycles. The Labute approximate surface area is 313 Å². The SMILES string of the molecule is CCOc1ncccc1-c1ccc(N2CCN(S(=O)(=O)c3ccc(Cl)cc3Cl)C[C@H]2CC)c(C(=O)NCCN(C)C(=O)OCc2ccccc2)c1F. The van der Waals surface area contributed by atoms with Crippen LogP contribution in [0.1, 0.15) is 36.2 Å². The molecule has 15 heteroatoms. The Balaban J connectivity index is 1.41. The molecular formula is C37H40Cl2FN5O6S. The predicted octanol–water partition coefficient (Wildman–Crippen LogP) is 6.88. The third kappa shape index (κ3) is 8.77. The van der Waals surface area contributed by atoms with E-state index >= 15 is 4.39 Å². The smallest absolute Gasteiger partial charge is 0.409 e. The van der Waals surface area contributed by atoms with E-state index < -0.39 is 33.9 Å². The van der Waals surface area contributed by atoms with Gasteiger partial charge in [0.15, 0.2) is 0 Å². The standard InChI is InChI=1S/C37H40Cl2FN5O6S/c1-4-27-23-44(52(48,49)32-16-13-26(38)22-30(32)39)20-21-45(27)31-15-14-28(29-12-9-17-42-36(29)50-5-2)34(40)33(31)35(46)41-18-19-43(3)37(47)51-24-25-10-7-6-8-11-25/h6-17,22,27H,4-5,18-21,23-24H2,1-3H3,(H,41,46)/t27-/m1/s1. The zero-order valence-corrected chi connectivity index (χ0v) is 31.3. The summed E-state index contributed by atoms with van der Waals surface area (Å²) in [6, 6.07) is 19.6. The second-order valence-corrected chi connectivity index (χ2v) is 14.8. The van der Waals surface area contributed by atoms with Crippen molar-refractivity contribution < 1.29 is 31.9 Å². The first-order chi connectivity index (χ1) is 25.0. The van der Waals surface area contributed by atoms with Crippen LogP contribution in [-0.4, -0.2) is 87.0 Å². The molecule has 0 radical (unpaired) electrons. The zero-order chi connectivity index (χ0) is 37.4. The van der Waals surface area contributed by atoms with Gasteiger partial charge in [0.1, 0.15) is 17.3 Å². The topological polar surface area (TPSA) is 121 Å². The highest BCUT2D eigenvalue weighted by Crippen LogP contribution is 2.38. The fourth-order valence-corrected chi connectivity index (χ4v) is 8.17. The van der Waals surface area contributed by atoms with Crippen LogP contribution in [0.2, 0.25) is 10.0 Å². The summed E-state index contributed by atoms with van der Waals surface area (Å²) in [6.45, 7) is 4.44. The summed E-state index contributed by atoms with van der Waals surface area (Å²) in [4.78, 5) is 33.9. The lowest BCUT2D eigenvalue weighted by Crippen LogP contribution is -2.55. The van der Waals surface area contributed by atoms with Crippen LogP contribution in [0.4, 0.5) is 14.9 Å². The third-order valence-corrected chi connectivity index (χ3v) is 11.3. The molecule has 2 heterocycles. The van der Waals surface area contributed by atoms with E-state index in [1.54, 1.807) is 38.2 Å². The van der Waals surface area contributed by atoms with Crippen LogP contribution in [0.15, 0.2) is 83.9 Å². The number of benzene rings is 3. The van der Waals surface area contributed by atoms with Gasteiger partial charge in [0.25, 0.3) is 5.91 Å². The number of halogens is 3. The Morgan fingerprint density at radius 2 is 1.79 bits per heavy atom. The van der Waals surface area contributed by atoms with Crippen LogP contribution < -0.4 is 15.0 Å². The number of hydrogen-bond acceptors (Lipinski definition) is 8. The van der Waals surface area contributed by atoms with Gasteiger partial charge >= 0.3 is 6.09 Å². The van der Waals surface area contributed by atoms with Gasteiger partial charge in [-0.2, -0.15) is 4.31 Å². The highest BCUT2D eigenvalue weighted by Gasteiger charge is 2.37. The first kappa shape index (κ1) is 38.8. The molecule has 1 aliphatic rings. The normalized spacial score (nSPS) is 14.9. The Morgan fingerprint density at radius 3 is 2.50 bits per heavy atom. The fourth-order valence-electron chi connectivity index (χ4n) is 5.96. The summed E-state index contributed by atoms with van der Waals surface area (Å²) in [7, 11) is -2.45. The van der Waals surface area contributed by atoms with Crippen molar-refractivity contribution in [2.45, 2.75) is 37.8 Å². The number of likely N-dealkylation sites (N-methyl/N-ethyl adjacent to an activating group) is 1. The molecular weight excluding hydrogens is 732 g/mol. The number of pyridine rings is 1. The fraction of sp³-hybridized carbons (Fsp3) is 0.324. The number of anilines is 1. The molecule has 5 rings (SSSR count). The monoisotopic (exact) mass is 771 g/mol. The highest BCUT2D eigenvalue weighted by atomic mass is 35.5. The molecule has 1 fully saturated rings. The highest BCUT2D eigenvalue weighted by molar-refractivity contribution is 7.89. The number of ether oxygens (including phenoxy) is 2. The van der Waals surface area contributed by atoms with Gasteiger partial charge < -0.3 is 24.6 Å². The predicted molar refractivity (Wildman–Crippen MR) is 199 cm³/mol. The number of carbonyl (C=O) groups is 2. The summed E-state index contributed by atoms with van der Waals surface area (Å²) < 4.78 is 56.6. The van der Waals surface area contributed by atoms with Gasteiger partial charge in [0, 0.05) is 68.2 Å². The van der Waals surface area contributed by atoms with Crippen molar-refractivity contribution in [2.24, 2.45) is 0 Å². The molecule has 0 spiro atoms. The first-order valence-electron chi connectivity index (χ1n) is 16.8. The number of aromatic nitrogens is 1. The first-order valence-corrected chi connectivity index (χ1v) is 19.0. The Hall–Kier alpha value is -4.43. The maximum atomic E-state index is 16.8. The summed E-state index contributed by atoms with van der Waals surface area (Å²) in [5, 5.41) is 3.08. The lowest BCUT2D eigenvalue weighted by molar-refractivity contribution is 0.0923. The van der Waals surface area contributed by atoms with Crippen molar-refractivity contribution >= 4 is 50.9 Å². The average Bonchev–Trinajstić information content (AvgIpc) is 3.14. The largest absolute Gasteiger partial charge is 0.478 e. The van der Waals surface area contributed by atoms with Crippen molar-refractivity contribution in [3.8, 4) is 17.0 Å².